The van der Waals surface area contributed by atoms with E-state index >= 15 is 0 Å². The highest BCUT2D eigenvalue weighted by Crippen LogP contribution is 2.28. The number of hydrogen-bond acceptors (Lipinski definition) is 4. The van der Waals surface area contributed by atoms with Gasteiger partial charge in [0.2, 0.25) is 10.0 Å². The van der Waals surface area contributed by atoms with Gasteiger partial charge in [0.15, 0.2) is 6.54 Å². The number of nitrogens with zero attached hydrogens (tertiary/aromatic N) is 2. The molecule has 2 aliphatic rings. The van der Waals surface area contributed by atoms with Crippen LogP contribution in [0.1, 0.15) is 25.7 Å². The van der Waals surface area contributed by atoms with Gasteiger partial charge >= 0.3 is 0 Å². The summed E-state index contributed by atoms with van der Waals surface area (Å²) in [6, 6.07) is 10.7. The van der Waals surface area contributed by atoms with Gasteiger partial charge in [0.05, 0.1) is 37.1 Å². The lowest BCUT2D eigenvalue weighted by Crippen LogP contribution is -3.16. The zero-order valence-corrected chi connectivity index (χ0v) is 15.6. The summed E-state index contributed by atoms with van der Waals surface area (Å²) in [6.45, 7) is 2.23. The van der Waals surface area contributed by atoms with E-state index in [-0.39, 0.29) is 12.5 Å². The lowest BCUT2D eigenvalue weighted by molar-refractivity contribution is -0.895. The fourth-order valence-electron chi connectivity index (χ4n) is 3.74. The average molecular weight is 377 g/mol. The molecule has 0 bridgehead atoms. The normalized spacial score (nSPS) is 21.2. The molecule has 8 heteroatoms. The van der Waals surface area contributed by atoms with Gasteiger partial charge in [-0.25, -0.2) is 8.42 Å². The largest absolute Gasteiger partial charge is 0.333 e. The molecule has 0 unspecified atom stereocenters. The number of nitriles is 1. The van der Waals surface area contributed by atoms with Crippen molar-refractivity contribution in [1.82, 2.24) is 9.62 Å². The third-order valence-electron chi connectivity index (χ3n) is 5.27. The number of nitrogens with one attached hydrogen (secondary N) is 2. The first-order valence-corrected chi connectivity index (χ1v) is 10.5. The number of carbonyl (C=O) groups excluding carboxylic acids is 1. The minimum Gasteiger partial charge on any atom is -0.333 e. The highest BCUT2D eigenvalue weighted by molar-refractivity contribution is 7.89. The van der Waals surface area contributed by atoms with Crippen LogP contribution in [0.3, 0.4) is 0 Å². The minimum atomic E-state index is -3.47. The first-order chi connectivity index (χ1) is 12.5. The molecule has 3 rings (SSSR count). The van der Waals surface area contributed by atoms with E-state index in [1.54, 1.807) is 30.3 Å². The van der Waals surface area contributed by atoms with Crippen LogP contribution < -0.4 is 10.2 Å². The Kier molecular flexibility index (Phi) is 5.61. The fraction of sp³-hybridized carbons (Fsp3) is 0.556. The predicted octanol–water partition coefficient (Wildman–Crippen LogP) is -0.472. The lowest BCUT2D eigenvalue weighted by atomic mass is 10.00. The van der Waals surface area contributed by atoms with Crippen molar-refractivity contribution < 1.29 is 18.1 Å². The maximum atomic E-state index is 12.6. The number of piperazine rings is 1. The second-order valence-electron chi connectivity index (χ2n) is 7.09. The highest BCUT2D eigenvalue weighted by atomic mass is 32.2. The van der Waals surface area contributed by atoms with Crippen molar-refractivity contribution >= 4 is 15.9 Å². The van der Waals surface area contributed by atoms with Crippen LogP contribution in [-0.2, 0) is 14.8 Å². The molecule has 2 N–H and O–H groups in total. The van der Waals surface area contributed by atoms with Crippen LogP contribution >= 0.6 is 0 Å². The Labute approximate surface area is 154 Å². The van der Waals surface area contributed by atoms with Crippen LogP contribution in [0.15, 0.2) is 35.2 Å². The second kappa shape index (κ2) is 7.74. The lowest BCUT2D eigenvalue weighted by Gasteiger charge is -2.32. The highest BCUT2D eigenvalue weighted by Gasteiger charge is 2.37. The molecule has 0 atom stereocenters. The van der Waals surface area contributed by atoms with Gasteiger partial charge in [0.25, 0.3) is 5.91 Å². The molecule has 1 heterocycles. The third kappa shape index (κ3) is 4.06. The summed E-state index contributed by atoms with van der Waals surface area (Å²) in [6.07, 6.45) is 3.37. The zero-order valence-electron chi connectivity index (χ0n) is 14.8. The summed E-state index contributed by atoms with van der Waals surface area (Å²) in [7, 11) is -3.47. The molecule has 0 aromatic heterocycles. The number of benzene rings is 1. The van der Waals surface area contributed by atoms with Gasteiger partial charge in [0.1, 0.15) is 5.54 Å². The summed E-state index contributed by atoms with van der Waals surface area (Å²) >= 11 is 0. The van der Waals surface area contributed by atoms with Crippen molar-refractivity contribution in [3.05, 3.63) is 30.3 Å². The van der Waals surface area contributed by atoms with E-state index in [4.69, 9.17) is 0 Å². The first-order valence-electron chi connectivity index (χ1n) is 9.06. The fourth-order valence-corrected chi connectivity index (χ4v) is 5.21. The van der Waals surface area contributed by atoms with Gasteiger partial charge in [-0.2, -0.15) is 9.57 Å². The van der Waals surface area contributed by atoms with Crippen molar-refractivity contribution in [2.75, 3.05) is 32.7 Å². The minimum absolute atomic E-state index is 0.122. The molecular formula is C18H25N4O3S+. The molecule has 2 fully saturated rings. The number of quaternary nitrogens is 1. The van der Waals surface area contributed by atoms with Crippen LogP contribution in [0.5, 0.6) is 0 Å². The topological polar surface area (TPSA) is 94.7 Å². The molecule has 7 nitrogen and oxygen atoms in total. The van der Waals surface area contributed by atoms with Gasteiger partial charge in [-0.05, 0) is 37.8 Å². The number of amides is 1. The van der Waals surface area contributed by atoms with Crippen LogP contribution in [0, 0.1) is 11.3 Å². The molecule has 1 aliphatic heterocycles. The Morgan fingerprint density at radius 3 is 2.38 bits per heavy atom. The summed E-state index contributed by atoms with van der Waals surface area (Å²) in [4.78, 5) is 13.7. The molecule has 1 saturated heterocycles. The summed E-state index contributed by atoms with van der Waals surface area (Å²) in [5.41, 5.74) is -0.699. The monoisotopic (exact) mass is 377 g/mol. The Hall–Kier alpha value is -1.95. The Morgan fingerprint density at radius 1 is 1.19 bits per heavy atom. The van der Waals surface area contributed by atoms with Crippen LogP contribution in [0.2, 0.25) is 0 Å². The van der Waals surface area contributed by atoms with Crippen molar-refractivity contribution in [2.45, 2.75) is 36.1 Å². The van der Waals surface area contributed by atoms with Crippen LogP contribution in [-0.4, -0.2) is 56.9 Å². The molecule has 1 aliphatic carbocycles. The maximum absolute atomic E-state index is 12.6. The number of rotatable bonds is 5. The van der Waals surface area contributed by atoms with E-state index in [0.29, 0.717) is 43.9 Å². The summed E-state index contributed by atoms with van der Waals surface area (Å²) in [5, 5.41) is 12.3. The Bertz CT molecular complexity index is 774. The Balaban J connectivity index is 1.53. The smallest absolute Gasteiger partial charge is 0.276 e. The average Bonchev–Trinajstić information content (AvgIpc) is 3.12. The second-order valence-corrected chi connectivity index (χ2v) is 9.03. The molecule has 1 aromatic rings. The van der Waals surface area contributed by atoms with Gasteiger partial charge in [-0.3, -0.25) is 4.79 Å². The van der Waals surface area contributed by atoms with E-state index in [2.05, 4.69) is 11.4 Å². The van der Waals surface area contributed by atoms with Crippen LogP contribution in [0.25, 0.3) is 0 Å². The van der Waals surface area contributed by atoms with Gasteiger partial charge in [-0.1, -0.05) is 18.2 Å². The van der Waals surface area contributed by atoms with E-state index < -0.39 is 15.6 Å². The number of sulfonamides is 1. The molecule has 1 aromatic carbocycles. The quantitative estimate of drug-likeness (QED) is 0.725. The molecule has 140 valence electrons. The van der Waals surface area contributed by atoms with Crippen molar-refractivity contribution in [3.8, 4) is 6.07 Å². The Morgan fingerprint density at radius 2 is 1.81 bits per heavy atom. The molecule has 1 amide bonds. The third-order valence-corrected chi connectivity index (χ3v) is 7.18. The molecule has 0 spiro atoms. The maximum Gasteiger partial charge on any atom is 0.276 e. The molecular weight excluding hydrogens is 352 g/mol. The summed E-state index contributed by atoms with van der Waals surface area (Å²) < 4.78 is 26.7. The molecule has 26 heavy (non-hydrogen) atoms. The summed E-state index contributed by atoms with van der Waals surface area (Å²) in [5.74, 6) is -0.122. The standard InChI is InChI=1S/C18H24N4O3S/c19-15-18(8-4-5-9-18)20-17(23)14-21-10-12-22(13-11-21)26(24,25)16-6-2-1-3-7-16/h1-3,6-7H,4-5,8-14H2,(H,20,23)/p+1. The predicted molar refractivity (Wildman–Crippen MR) is 95.7 cm³/mol. The molecule has 1 saturated carbocycles. The van der Waals surface area contributed by atoms with Crippen molar-refractivity contribution in [2.24, 2.45) is 0 Å². The van der Waals surface area contributed by atoms with E-state index in [1.807, 2.05) is 0 Å². The van der Waals surface area contributed by atoms with Gasteiger partial charge < -0.3 is 10.2 Å². The number of hydrogen-bond donors (Lipinski definition) is 2. The van der Waals surface area contributed by atoms with Crippen LogP contribution in [0.4, 0.5) is 0 Å². The van der Waals surface area contributed by atoms with E-state index in [9.17, 15) is 18.5 Å². The van der Waals surface area contributed by atoms with Gasteiger partial charge in [-0.15, -0.1) is 0 Å². The number of carbonyl (C=O) groups is 1. The van der Waals surface area contributed by atoms with E-state index in [0.717, 1.165) is 17.7 Å². The van der Waals surface area contributed by atoms with Gasteiger partial charge in [0, 0.05) is 0 Å². The van der Waals surface area contributed by atoms with Crippen molar-refractivity contribution in [3.63, 3.8) is 0 Å². The van der Waals surface area contributed by atoms with E-state index in [1.165, 1.54) is 4.31 Å². The first kappa shape index (κ1) is 18.8. The zero-order chi connectivity index (χ0) is 18.6. The molecule has 0 radical (unpaired) electrons. The SMILES string of the molecule is N#CC1(NC(=O)C[NH+]2CCN(S(=O)(=O)c3ccccc3)CC2)CCCC1. The van der Waals surface area contributed by atoms with Crippen molar-refractivity contribution in [1.29, 1.82) is 5.26 Å².